The molecule has 0 unspecified atom stereocenters. The number of benzene rings is 1. The van der Waals surface area contributed by atoms with E-state index in [9.17, 15) is 0 Å². The molecule has 34 heavy (non-hydrogen) atoms. The maximum atomic E-state index is 5.84. The predicted octanol–water partition coefficient (Wildman–Crippen LogP) is 5.04. The number of aromatic nitrogens is 4. The number of anilines is 2. The molecule has 0 fully saturated rings. The van der Waals surface area contributed by atoms with E-state index >= 15 is 0 Å². The second kappa shape index (κ2) is 11.0. The van der Waals surface area contributed by atoms with Gasteiger partial charge >= 0.3 is 0 Å². The van der Waals surface area contributed by atoms with Gasteiger partial charge in [0.15, 0.2) is 5.65 Å². The van der Waals surface area contributed by atoms with E-state index < -0.39 is 0 Å². The van der Waals surface area contributed by atoms with Crippen molar-refractivity contribution in [1.82, 2.24) is 24.5 Å². The van der Waals surface area contributed by atoms with E-state index in [1.165, 1.54) is 0 Å². The minimum Gasteiger partial charge on any atom is -0.491 e. The lowest BCUT2D eigenvalue weighted by molar-refractivity contribution is 0.218. The van der Waals surface area contributed by atoms with Gasteiger partial charge in [-0.15, -0.1) is 5.10 Å². The lowest BCUT2D eigenvalue weighted by Gasteiger charge is -2.17. The highest BCUT2D eigenvalue weighted by atomic mass is 16.5. The molecule has 0 saturated heterocycles. The van der Waals surface area contributed by atoms with E-state index in [1.54, 1.807) is 6.20 Å². The van der Waals surface area contributed by atoms with Gasteiger partial charge in [0.2, 0.25) is 11.8 Å². The molecule has 4 rings (SSSR count). The Bertz CT molecular complexity index is 1200. The molecule has 1 N–H and O–H groups in total. The molecule has 3 heterocycles. The van der Waals surface area contributed by atoms with Gasteiger partial charge < -0.3 is 19.7 Å². The quantitative estimate of drug-likeness (QED) is 0.336. The molecule has 0 aliphatic rings. The van der Waals surface area contributed by atoms with Crippen LogP contribution >= 0.6 is 0 Å². The van der Waals surface area contributed by atoms with Crippen molar-refractivity contribution >= 4 is 17.3 Å². The summed E-state index contributed by atoms with van der Waals surface area (Å²) in [5.41, 5.74) is 3.56. The molecule has 4 aromatic rings. The predicted molar refractivity (Wildman–Crippen MR) is 135 cm³/mol. The van der Waals surface area contributed by atoms with Crippen molar-refractivity contribution in [3.05, 3.63) is 60.8 Å². The van der Waals surface area contributed by atoms with E-state index in [-0.39, 0.29) is 6.10 Å². The number of fused-ring (bicyclic) bond motifs is 1. The average Bonchev–Trinajstić information content (AvgIpc) is 3.25. The molecule has 0 radical (unpaired) electrons. The molecule has 0 atom stereocenters. The summed E-state index contributed by atoms with van der Waals surface area (Å²) in [6, 6.07) is 17.7. The van der Waals surface area contributed by atoms with E-state index in [1.807, 2.05) is 73.0 Å². The standard InChI is InChI=1S/C26H32N6O2/c1-5-31(6-2)16-17-33-25-18-21(14-15-27-25)28-26-29-24-9-7-8-23(32(24)30-26)20-10-12-22(13-11-20)34-19(3)4/h7-15,18-19H,5-6,16-17H2,1-4H3,(H,27,28,30). The summed E-state index contributed by atoms with van der Waals surface area (Å²) in [5.74, 6) is 1.93. The van der Waals surface area contributed by atoms with Crippen molar-refractivity contribution < 1.29 is 9.47 Å². The Labute approximate surface area is 200 Å². The lowest BCUT2D eigenvalue weighted by Crippen LogP contribution is -2.28. The van der Waals surface area contributed by atoms with Gasteiger partial charge in [0.1, 0.15) is 12.4 Å². The van der Waals surface area contributed by atoms with Crippen LogP contribution in [-0.4, -0.2) is 56.8 Å². The fourth-order valence-corrected chi connectivity index (χ4v) is 3.67. The number of ether oxygens (including phenoxy) is 2. The van der Waals surface area contributed by atoms with Gasteiger partial charge in [-0.1, -0.05) is 19.9 Å². The lowest BCUT2D eigenvalue weighted by atomic mass is 10.1. The summed E-state index contributed by atoms with van der Waals surface area (Å²) in [6.07, 6.45) is 1.86. The maximum absolute atomic E-state index is 5.84. The SMILES string of the molecule is CCN(CC)CCOc1cc(Nc2nc3cccc(-c4ccc(OC(C)C)cc4)n3n2)ccn1. The molecule has 3 aromatic heterocycles. The third kappa shape index (κ3) is 5.82. The molecule has 0 aliphatic carbocycles. The van der Waals surface area contributed by atoms with Crippen molar-refractivity contribution in [1.29, 1.82) is 0 Å². The summed E-state index contributed by atoms with van der Waals surface area (Å²) in [6.45, 7) is 11.8. The van der Waals surface area contributed by atoms with Crippen LogP contribution in [0.3, 0.4) is 0 Å². The van der Waals surface area contributed by atoms with Gasteiger partial charge in [0.05, 0.1) is 11.8 Å². The van der Waals surface area contributed by atoms with Crippen molar-refractivity contribution in [3.8, 4) is 22.9 Å². The number of rotatable bonds is 11. The number of pyridine rings is 2. The summed E-state index contributed by atoms with van der Waals surface area (Å²) in [4.78, 5) is 11.3. The molecular weight excluding hydrogens is 428 g/mol. The summed E-state index contributed by atoms with van der Waals surface area (Å²) < 4.78 is 13.4. The molecule has 0 aliphatic heterocycles. The summed E-state index contributed by atoms with van der Waals surface area (Å²) in [5, 5.41) is 7.96. The van der Waals surface area contributed by atoms with Crippen LogP contribution in [0.5, 0.6) is 11.6 Å². The Balaban J connectivity index is 1.49. The second-order valence-electron chi connectivity index (χ2n) is 8.19. The van der Waals surface area contributed by atoms with E-state index in [2.05, 4.69) is 39.1 Å². The molecule has 178 valence electrons. The number of likely N-dealkylation sites (N-methyl/N-ethyl adjacent to an activating group) is 1. The van der Waals surface area contributed by atoms with Crippen LogP contribution in [0, 0.1) is 0 Å². The Hall–Kier alpha value is -3.65. The highest BCUT2D eigenvalue weighted by Gasteiger charge is 2.10. The fraction of sp³-hybridized carbons (Fsp3) is 0.346. The van der Waals surface area contributed by atoms with Crippen LogP contribution in [0.1, 0.15) is 27.7 Å². The largest absolute Gasteiger partial charge is 0.491 e. The van der Waals surface area contributed by atoms with Gasteiger partial charge in [-0.2, -0.15) is 4.98 Å². The third-order valence-electron chi connectivity index (χ3n) is 5.42. The average molecular weight is 461 g/mol. The van der Waals surface area contributed by atoms with Crippen molar-refractivity contribution in [2.75, 3.05) is 31.6 Å². The third-order valence-corrected chi connectivity index (χ3v) is 5.42. The van der Waals surface area contributed by atoms with Gasteiger partial charge in [-0.05, 0) is 69.4 Å². The highest BCUT2D eigenvalue weighted by Crippen LogP contribution is 2.25. The second-order valence-corrected chi connectivity index (χ2v) is 8.19. The van der Waals surface area contributed by atoms with Crippen LogP contribution in [0.2, 0.25) is 0 Å². The summed E-state index contributed by atoms with van der Waals surface area (Å²) >= 11 is 0. The maximum Gasteiger partial charge on any atom is 0.247 e. The topological polar surface area (TPSA) is 76.8 Å². The van der Waals surface area contributed by atoms with Crippen LogP contribution in [0.15, 0.2) is 60.8 Å². The monoisotopic (exact) mass is 460 g/mol. The Morgan fingerprint density at radius 3 is 2.56 bits per heavy atom. The van der Waals surface area contributed by atoms with Gasteiger partial charge in [-0.3, -0.25) is 0 Å². The number of nitrogens with zero attached hydrogens (tertiary/aromatic N) is 5. The fourth-order valence-electron chi connectivity index (χ4n) is 3.67. The van der Waals surface area contributed by atoms with Crippen LogP contribution in [0.4, 0.5) is 11.6 Å². The van der Waals surface area contributed by atoms with E-state index in [0.717, 1.165) is 48.0 Å². The van der Waals surface area contributed by atoms with Crippen molar-refractivity contribution in [2.45, 2.75) is 33.8 Å². The van der Waals surface area contributed by atoms with E-state index in [4.69, 9.17) is 9.47 Å². The zero-order chi connectivity index (χ0) is 23.9. The molecule has 0 spiro atoms. The minimum absolute atomic E-state index is 0.139. The van der Waals surface area contributed by atoms with Gasteiger partial charge in [0.25, 0.3) is 0 Å². The Morgan fingerprint density at radius 2 is 1.82 bits per heavy atom. The molecule has 0 saturated carbocycles. The minimum atomic E-state index is 0.139. The number of nitrogens with one attached hydrogen (secondary N) is 1. The van der Waals surface area contributed by atoms with Crippen LogP contribution in [-0.2, 0) is 0 Å². The zero-order valence-electron chi connectivity index (χ0n) is 20.2. The molecule has 1 aromatic carbocycles. The molecule has 0 amide bonds. The Morgan fingerprint density at radius 1 is 1.03 bits per heavy atom. The number of hydrogen-bond acceptors (Lipinski definition) is 7. The smallest absolute Gasteiger partial charge is 0.247 e. The van der Waals surface area contributed by atoms with Crippen molar-refractivity contribution in [3.63, 3.8) is 0 Å². The molecule has 8 nitrogen and oxygen atoms in total. The molecule has 0 bridgehead atoms. The molecule has 8 heteroatoms. The first-order chi connectivity index (χ1) is 16.6. The van der Waals surface area contributed by atoms with Crippen molar-refractivity contribution in [2.24, 2.45) is 0 Å². The molecular formula is C26H32N6O2. The van der Waals surface area contributed by atoms with Crippen LogP contribution in [0.25, 0.3) is 16.9 Å². The van der Waals surface area contributed by atoms with E-state index in [0.29, 0.717) is 18.4 Å². The van der Waals surface area contributed by atoms with Gasteiger partial charge in [0, 0.05) is 30.1 Å². The highest BCUT2D eigenvalue weighted by molar-refractivity contribution is 5.65. The van der Waals surface area contributed by atoms with Crippen LogP contribution < -0.4 is 14.8 Å². The number of hydrogen-bond donors (Lipinski definition) is 1. The first-order valence-corrected chi connectivity index (χ1v) is 11.8. The first kappa shape index (κ1) is 23.5. The van der Waals surface area contributed by atoms with Gasteiger partial charge in [-0.25, -0.2) is 9.50 Å². The zero-order valence-corrected chi connectivity index (χ0v) is 20.2. The first-order valence-electron chi connectivity index (χ1n) is 11.8. The Kier molecular flexibility index (Phi) is 7.59. The summed E-state index contributed by atoms with van der Waals surface area (Å²) in [7, 11) is 0. The normalized spacial score (nSPS) is 11.4.